The highest BCUT2D eigenvalue weighted by Crippen LogP contribution is 2.36. The fourth-order valence-corrected chi connectivity index (χ4v) is 2.81. The molecule has 0 saturated carbocycles. The van der Waals surface area contributed by atoms with Gasteiger partial charge in [-0.2, -0.15) is 8.42 Å². The molecule has 0 fully saturated rings. The van der Waals surface area contributed by atoms with Crippen LogP contribution in [0.3, 0.4) is 0 Å². The van der Waals surface area contributed by atoms with Crippen LogP contribution in [0, 0.1) is 10.8 Å². The molecule has 0 aliphatic heterocycles. The van der Waals surface area contributed by atoms with Crippen LogP contribution in [0.5, 0.6) is 0 Å². The van der Waals surface area contributed by atoms with Gasteiger partial charge >= 0.3 is 0 Å². The van der Waals surface area contributed by atoms with Crippen molar-refractivity contribution in [3.05, 3.63) is 0 Å². The maximum Gasteiger partial charge on any atom is 0.267 e. The van der Waals surface area contributed by atoms with Crippen LogP contribution in [0.2, 0.25) is 0 Å². The smallest absolute Gasteiger partial charge is 0.266 e. The standard InChI is InChI=1S/C11H24O3S/c1-8-15(12,13)14-9(10(2,3)4)11(5,6)7/h9H,8H2,1-7H3. The van der Waals surface area contributed by atoms with Gasteiger partial charge in [-0.05, 0) is 17.8 Å². The first-order valence-electron chi connectivity index (χ1n) is 5.31. The van der Waals surface area contributed by atoms with E-state index in [2.05, 4.69) is 0 Å². The van der Waals surface area contributed by atoms with Crippen molar-refractivity contribution in [1.82, 2.24) is 0 Å². The first kappa shape index (κ1) is 14.9. The molecule has 0 spiro atoms. The molecule has 0 heterocycles. The minimum Gasteiger partial charge on any atom is -0.266 e. The van der Waals surface area contributed by atoms with Gasteiger partial charge in [0.15, 0.2) is 0 Å². The Balaban J connectivity index is 5.02. The Morgan fingerprint density at radius 2 is 1.33 bits per heavy atom. The molecular formula is C11H24O3S. The van der Waals surface area contributed by atoms with Gasteiger partial charge in [0.1, 0.15) is 0 Å². The van der Waals surface area contributed by atoms with E-state index < -0.39 is 10.1 Å². The molecule has 0 N–H and O–H groups in total. The average Bonchev–Trinajstić information content (AvgIpc) is 1.96. The second-order valence-corrected chi connectivity index (χ2v) is 7.94. The summed E-state index contributed by atoms with van der Waals surface area (Å²) in [5.41, 5.74) is -0.388. The van der Waals surface area contributed by atoms with Gasteiger partial charge in [-0.25, -0.2) is 0 Å². The molecule has 3 nitrogen and oxygen atoms in total. The Kier molecular flexibility index (Phi) is 4.39. The van der Waals surface area contributed by atoms with Crippen LogP contribution in [-0.2, 0) is 14.3 Å². The summed E-state index contributed by atoms with van der Waals surface area (Å²) in [6.07, 6.45) is -0.310. The largest absolute Gasteiger partial charge is 0.267 e. The van der Waals surface area contributed by atoms with Crippen molar-refractivity contribution in [3.8, 4) is 0 Å². The lowest BCUT2D eigenvalue weighted by Gasteiger charge is -2.39. The van der Waals surface area contributed by atoms with Gasteiger partial charge in [0.05, 0.1) is 11.9 Å². The normalized spacial score (nSPS) is 14.7. The van der Waals surface area contributed by atoms with E-state index in [0.717, 1.165) is 0 Å². The topological polar surface area (TPSA) is 43.4 Å². The van der Waals surface area contributed by atoms with Crippen LogP contribution in [0.1, 0.15) is 48.5 Å². The fraction of sp³-hybridized carbons (Fsp3) is 1.00. The summed E-state index contributed by atoms with van der Waals surface area (Å²) >= 11 is 0. The Bertz CT molecular complexity index is 277. The molecule has 0 aromatic carbocycles. The molecule has 92 valence electrons. The molecule has 0 saturated heterocycles. The van der Waals surface area contributed by atoms with Crippen LogP contribution in [0.25, 0.3) is 0 Å². The van der Waals surface area contributed by atoms with E-state index in [-0.39, 0.29) is 22.7 Å². The van der Waals surface area contributed by atoms with Crippen molar-refractivity contribution in [2.75, 3.05) is 5.75 Å². The van der Waals surface area contributed by atoms with Gasteiger partial charge in [-0.3, -0.25) is 4.18 Å². The van der Waals surface area contributed by atoms with Gasteiger partial charge in [-0.15, -0.1) is 0 Å². The third-order valence-electron chi connectivity index (χ3n) is 2.17. The number of hydrogen-bond acceptors (Lipinski definition) is 3. The molecule has 0 radical (unpaired) electrons. The third kappa shape index (κ3) is 4.98. The molecule has 0 rings (SSSR count). The predicted octanol–water partition coefficient (Wildman–Crippen LogP) is 2.81. The zero-order chi connectivity index (χ0) is 12.5. The van der Waals surface area contributed by atoms with Gasteiger partial charge < -0.3 is 0 Å². The Morgan fingerprint density at radius 1 is 1.00 bits per heavy atom. The summed E-state index contributed by atoms with van der Waals surface area (Å²) in [5.74, 6) is 0.0235. The second-order valence-electron chi connectivity index (χ2n) is 6.05. The van der Waals surface area contributed by atoms with E-state index in [0.29, 0.717) is 0 Å². The second kappa shape index (κ2) is 4.42. The molecule has 0 aromatic rings. The summed E-state index contributed by atoms with van der Waals surface area (Å²) in [7, 11) is -3.38. The maximum atomic E-state index is 11.5. The van der Waals surface area contributed by atoms with E-state index in [1.54, 1.807) is 6.92 Å². The lowest BCUT2D eigenvalue weighted by atomic mass is 9.74. The molecule has 15 heavy (non-hydrogen) atoms. The van der Waals surface area contributed by atoms with Crippen molar-refractivity contribution < 1.29 is 12.6 Å². The first-order valence-corrected chi connectivity index (χ1v) is 6.89. The quantitative estimate of drug-likeness (QED) is 0.708. The van der Waals surface area contributed by atoms with Gasteiger partial charge in [0.25, 0.3) is 10.1 Å². The van der Waals surface area contributed by atoms with Gasteiger partial charge in [-0.1, -0.05) is 41.5 Å². The Morgan fingerprint density at radius 3 is 1.53 bits per heavy atom. The first-order chi connectivity index (χ1) is 6.40. The lowest BCUT2D eigenvalue weighted by molar-refractivity contribution is 0.00342. The molecule has 4 heteroatoms. The van der Waals surface area contributed by atoms with Crippen molar-refractivity contribution >= 4 is 10.1 Å². The van der Waals surface area contributed by atoms with Gasteiger partial charge in [0, 0.05) is 0 Å². The summed E-state index contributed by atoms with van der Waals surface area (Å²) in [6, 6.07) is 0. The highest BCUT2D eigenvalue weighted by Gasteiger charge is 2.38. The van der Waals surface area contributed by atoms with E-state index in [1.807, 2.05) is 41.5 Å². The van der Waals surface area contributed by atoms with Crippen molar-refractivity contribution in [1.29, 1.82) is 0 Å². The van der Waals surface area contributed by atoms with Crippen LogP contribution < -0.4 is 0 Å². The minimum atomic E-state index is -3.38. The summed E-state index contributed by atoms with van der Waals surface area (Å²) in [6.45, 7) is 13.6. The summed E-state index contributed by atoms with van der Waals surface area (Å²) in [5, 5.41) is 0. The number of rotatable bonds is 3. The van der Waals surface area contributed by atoms with Crippen LogP contribution in [0.15, 0.2) is 0 Å². The Hall–Kier alpha value is -0.0900. The molecule has 0 aliphatic carbocycles. The van der Waals surface area contributed by atoms with E-state index >= 15 is 0 Å². The highest BCUT2D eigenvalue weighted by atomic mass is 32.2. The van der Waals surface area contributed by atoms with Crippen molar-refractivity contribution in [3.63, 3.8) is 0 Å². The summed E-state index contributed by atoms with van der Waals surface area (Å²) < 4.78 is 28.2. The monoisotopic (exact) mass is 236 g/mol. The average molecular weight is 236 g/mol. The maximum absolute atomic E-state index is 11.5. The molecular weight excluding hydrogens is 212 g/mol. The minimum absolute atomic E-state index is 0.0235. The zero-order valence-corrected chi connectivity index (χ0v) is 11.7. The van der Waals surface area contributed by atoms with Gasteiger partial charge in [0.2, 0.25) is 0 Å². The van der Waals surface area contributed by atoms with Crippen LogP contribution >= 0.6 is 0 Å². The molecule has 0 aromatic heterocycles. The molecule has 0 amide bonds. The SMILES string of the molecule is CCS(=O)(=O)OC(C(C)(C)C)C(C)(C)C. The van der Waals surface area contributed by atoms with Crippen LogP contribution in [0.4, 0.5) is 0 Å². The molecule has 0 unspecified atom stereocenters. The van der Waals surface area contributed by atoms with E-state index in [9.17, 15) is 8.42 Å². The third-order valence-corrected chi connectivity index (χ3v) is 3.36. The van der Waals surface area contributed by atoms with Crippen molar-refractivity contribution in [2.45, 2.75) is 54.6 Å². The van der Waals surface area contributed by atoms with Crippen LogP contribution in [-0.4, -0.2) is 20.3 Å². The summed E-state index contributed by atoms with van der Waals surface area (Å²) in [4.78, 5) is 0. The van der Waals surface area contributed by atoms with E-state index in [1.165, 1.54) is 0 Å². The molecule has 0 aliphatic rings. The fourth-order valence-electron chi connectivity index (χ4n) is 1.80. The Labute approximate surface area is 94.3 Å². The van der Waals surface area contributed by atoms with E-state index in [4.69, 9.17) is 4.18 Å². The highest BCUT2D eigenvalue weighted by molar-refractivity contribution is 7.86. The van der Waals surface area contributed by atoms with Crippen molar-refractivity contribution in [2.24, 2.45) is 10.8 Å². The predicted molar refractivity (Wildman–Crippen MR) is 63.2 cm³/mol. The zero-order valence-electron chi connectivity index (χ0n) is 10.9. The molecule has 0 bridgehead atoms. The molecule has 0 atom stereocenters. The number of hydrogen-bond donors (Lipinski definition) is 0. The lowest BCUT2D eigenvalue weighted by Crippen LogP contribution is -2.42.